The van der Waals surface area contributed by atoms with Crippen molar-refractivity contribution in [2.24, 2.45) is 0 Å². The summed E-state index contributed by atoms with van der Waals surface area (Å²) in [6.45, 7) is 3.83. The molecule has 0 radical (unpaired) electrons. The van der Waals surface area contributed by atoms with Gasteiger partial charge in [0.1, 0.15) is 5.00 Å². The van der Waals surface area contributed by atoms with Crippen molar-refractivity contribution in [3.63, 3.8) is 0 Å². The van der Waals surface area contributed by atoms with Crippen LogP contribution in [0.4, 0.5) is 5.00 Å². The molecule has 3 aromatic heterocycles. The zero-order chi connectivity index (χ0) is 21.8. The van der Waals surface area contributed by atoms with Gasteiger partial charge in [-0.25, -0.2) is 4.79 Å². The van der Waals surface area contributed by atoms with E-state index in [1.54, 1.807) is 38.4 Å². The molecule has 8 nitrogen and oxygen atoms in total. The lowest BCUT2D eigenvalue weighted by atomic mass is 9.95. The number of amides is 1. The topological polar surface area (TPSA) is 107 Å². The van der Waals surface area contributed by atoms with Gasteiger partial charge in [-0.05, 0) is 57.2 Å². The van der Waals surface area contributed by atoms with Gasteiger partial charge in [0.2, 0.25) is 11.8 Å². The van der Waals surface area contributed by atoms with Crippen LogP contribution in [0, 0.1) is 0 Å². The highest BCUT2D eigenvalue weighted by Gasteiger charge is 2.28. The van der Waals surface area contributed by atoms with E-state index >= 15 is 0 Å². The second-order valence-corrected chi connectivity index (χ2v) is 9.39. The number of carbonyl (C=O) groups is 2. The Bertz CT molecular complexity index is 1080. The molecule has 0 aromatic carbocycles. The van der Waals surface area contributed by atoms with Gasteiger partial charge in [-0.3, -0.25) is 9.78 Å². The fraction of sp³-hybridized carbons (Fsp3) is 0.381. The molecule has 0 saturated heterocycles. The van der Waals surface area contributed by atoms with Crippen molar-refractivity contribution in [1.82, 2.24) is 15.2 Å². The van der Waals surface area contributed by atoms with Crippen molar-refractivity contribution < 1.29 is 18.7 Å². The van der Waals surface area contributed by atoms with Crippen molar-refractivity contribution in [3.8, 4) is 11.5 Å². The first kappa shape index (κ1) is 21.5. The highest BCUT2D eigenvalue weighted by molar-refractivity contribution is 8.00. The van der Waals surface area contributed by atoms with Crippen LogP contribution in [-0.4, -0.2) is 38.9 Å². The number of esters is 1. The molecule has 3 aromatic rings. The number of thioether (sulfide) groups is 1. The van der Waals surface area contributed by atoms with Gasteiger partial charge in [-0.15, -0.1) is 21.5 Å². The van der Waals surface area contributed by atoms with Crippen LogP contribution in [0.2, 0.25) is 0 Å². The summed E-state index contributed by atoms with van der Waals surface area (Å²) in [5.74, 6) is -0.248. The Labute approximate surface area is 187 Å². The van der Waals surface area contributed by atoms with Gasteiger partial charge in [-0.2, -0.15) is 0 Å². The van der Waals surface area contributed by atoms with Gasteiger partial charge >= 0.3 is 5.97 Å². The highest BCUT2D eigenvalue weighted by atomic mass is 32.2. The second kappa shape index (κ2) is 9.61. The van der Waals surface area contributed by atoms with Gasteiger partial charge in [0.05, 0.1) is 17.4 Å². The number of hydrogen-bond donors (Lipinski definition) is 1. The molecule has 0 bridgehead atoms. The first-order valence-corrected chi connectivity index (χ1v) is 11.8. The SMILES string of the molecule is CCOC(=O)c1c(NC(=O)C(C)Sc2nnc(-c3ccncc3)o2)sc2c1CCCC2. The number of nitrogens with zero attached hydrogens (tertiary/aromatic N) is 3. The van der Waals surface area contributed by atoms with E-state index < -0.39 is 5.25 Å². The third kappa shape index (κ3) is 4.80. The Kier molecular flexibility index (Phi) is 6.67. The number of aryl methyl sites for hydroxylation is 1. The van der Waals surface area contributed by atoms with Crippen LogP contribution in [0.25, 0.3) is 11.5 Å². The summed E-state index contributed by atoms with van der Waals surface area (Å²) < 4.78 is 10.9. The van der Waals surface area contributed by atoms with E-state index in [1.165, 1.54) is 23.1 Å². The quantitative estimate of drug-likeness (QED) is 0.411. The number of fused-ring (bicyclic) bond motifs is 1. The average molecular weight is 459 g/mol. The Hall–Kier alpha value is -2.72. The standard InChI is InChI=1S/C21H22N4O4S2/c1-3-28-20(27)16-14-6-4-5-7-15(14)31-19(16)23-17(26)12(2)30-21-25-24-18(29-21)13-8-10-22-11-9-13/h8-12H,3-7H2,1-2H3,(H,23,26). The lowest BCUT2D eigenvalue weighted by Gasteiger charge is -2.13. The molecule has 3 heterocycles. The number of nitrogens with one attached hydrogen (secondary N) is 1. The third-order valence-electron chi connectivity index (χ3n) is 4.87. The zero-order valence-corrected chi connectivity index (χ0v) is 18.8. The third-order valence-corrected chi connectivity index (χ3v) is 7.01. The number of carbonyl (C=O) groups excluding carboxylic acids is 2. The van der Waals surface area contributed by atoms with E-state index in [1.807, 2.05) is 0 Å². The molecule has 1 unspecified atom stereocenters. The Balaban J connectivity index is 1.47. The van der Waals surface area contributed by atoms with E-state index in [2.05, 4.69) is 20.5 Å². The first-order chi connectivity index (χ1) is 15.1. The molecule has 1 aliphatic carbocycles. The van der Waals surface area contributed by atoms with Gasteiger partial charge < -0.3 is 14.5 Å². The van der Waals surface area contributed by atoms with Crippen molar-refractivity contribution in [2.75, 3.05) is 11.9 Å². The van der Waals surface area contributed by atoms with Crippen molar-refractivity contribution in [1.29, 1.82) is 0 Å². The predicted octanol–water partition coefficient (Wildman–Crippen LogP) is 4.37. The van der Waals surface area contributed by atoms with E-state index in [4.69, 9.17) is 9.15 Å². The van der Waals surface area contributed by atoms with E-state index in [0.717, 1.165) is 41.7 Å². The molecule has 0 spiro atoms. The minimum absolute atomic E-state index is 0.238. The van der Waals surface area contributed by atoms with Gasteiger partial charge in [-0.1, -0.05) is 11.8 Å². The van der Waals surface area contributed by atoms with Crippen LogP contribution >= 0.6 is 23.1 Å². The lowest BCUT2D eigenvalue weighted by molar-refractivity contribution is -0.115. The van der Waals surface area contributed by atoms with Crippen LogP contribution in [0.5, 0.6) is 0 Å². The number of ether oxygens (including phenoxy) is 1. The summed E-state index contributed by atoms with van der Waals surface area (Å²) in [5.41, 5.74) is 2.28. The second-order valence-electron chi connectivity index (χ2n) is 6.99. The monoisotopic (exact) mass is 458 g/mol. The van der Waals surface area contributed by atoms with Crippen molar-refractivity contribution >= 4 is 40.0 Å². The Morgan fingerprint density at radius 1 is 1.26 bits per heavy atom. The molecule has 1 amide bonds. The molecule has 4 rings (SSSR count). The summed E-state index contributed by atoms with van der Waals surface area (Å²) in [6.07, 6.45) is 7.17. The number of aromatic nitrogens is 3. The van der Waals surface area contributed by atoms with Crippen LogP contribution in [0.3, 0.4) is 0 Å². The lowest BCUT2D eigenvalue weighted by Crippen LogP contribution is -2.23. The van der Waals surface area contributed by atoms with Gasteiger partial charge in [0.25, 0.3) is 5.22 Å². The molecule has 0 aliphatic heterocycles. The maximum atomic E-state index is 12.9. The number of pyridine rings is 1. The minimum atomic E-state index is -0.500. The normalized spacial score (nSPS) is 14.0. The van der Waals surface area contributed by atoms with Crippen LogP contribution in [0.1, 0.15) is 47.5 Å². The van der Waals surface area contributed by atoms with Crippen molar-refractivity contribution in [2.45, 2.75) is 50.0 Å². The summed E-state index contributed by atoms with van der Waals surface area (Å²) in [6, 6.07) is 3.54. The summed E-state index contributed by atoms with van der Waals surface area (Å²) in [7, 11) is 0. The molecule has 0 fully saturated rings. The summed E-state index contributed by atoms with van der Waals surface area (Å²) >= 11 is 2.64. The molecule has 0 saturated carbocycles. The van der Waals surface area contributed by atoms with Crippen LogP contribution < -0.4 is 5.32 Å². The smallest absolute Gasteiger partial charge is 0.341 e. The number of hydrogen-bond acceptors (Lipinski definition) is 9. The molecular formula is C21H22N4O4S2. The molecule has 1 aliphatic rings. The van der Waals surface area contributed by atoms with E-state index in [0.29, 0.717) is 28.3 Å². The molecule has 10 heteroatoms. The van der Waals surface area contributed by atoms with Crippen molar-refractivity contribution in [3.05, 3.63) is 40.5 Å². The first-order valence-electron chi connectivity index (χ1n) is 10.1. The number of rotatable bonds is 7. The molecule has 1 atom stereocenters. The molecule has 31 heavy (non-hydrogen) atoms. The summed E-state index contributed by atoms with van der Waals surface area (Å²) in [4.78, 5) is 30.6. The Morgan fingerprint density at radius 2 is 2.03 bits per heavy atom. The zero-order valence-electron chi connectivity index (χ0n) is 17.2. The van der Waals surface area contributed by atoms with Gasteiger partial charge in [0, 0.05) is 22.8 Å². The number of anilines is 1. The minimum Gasteiger partial charge on any atom is -0.462 e. The largest absolute Gasteiger partial charge is 0.462 e. The molecular weight excluding hydrogens is 436 g/mol. The molecule has 162 valence electrons. The highest BCUT2D eigenvalue weighted by Crippen LogP contribution is 2.39. The predicted molar refractivity (Wildman–Crippen MR) is 118 cm³/mol. The van der Waals surface area contributed by atoms with Gasteiger partial charge in [0.15, 0.2) is 0 Å². The summed E-state index contributed by atoms with van der Waals surface area (Å²) in [5, 5.41) is 11.3. The average Bonchev–Trinajstić information content (AvgIpc) is 3.38. The maximum absolute atomic E-state index is 12.9. The molecule has 1 N–H and O–H groups in total. The maximum Gasteiger partial charge on any atom is 0.341 e. The number of thiophene rings is 1. The fourth-order valence-corrected chi connectivity index (χ4v) is 5.32. The Morgan fingerprint density at radius 3 is 2.81 bits per heavy atom. The van der Waals surface area contributed by atoms with Crippen LogP contribution in [-0.2, 0) is 22.4 Å². The van der Waals surface area contributed by atoms with E-state index in [-0.39, 0.29) is 11.9 Å². The van der Waals surface area contributed by atoms with E-state index in [9.17, 15) is 9.59 Å². The fourth-order valence-electron chi connectivity index (χ4n) is 3.36. The van der Waals surface area contributed by atoms with Crippen LogP contribution in [0.15, 0.2) is 34.2 Å².